The molecule has 0 saturated carbocycles. The van der Waals surface area contributed by atoms with Crippen LogP contribution in [0.5, 0.6) is 11.5 Å². The predicted molar refractivity (Wildman–Crippen MR) is 107 cm³/mol. The number of phenols is 2. The number of ketones is 1. The minimum Gasteiger partial charge on any atom is -0.508 e. The number of aromatic hydroxyl groups is 2. The molecule has 0 atom stereocenters. The van der Waals surface area contributed by atoms with Crippen LogP contribution < -0.4 is 0 Å². The Labute approximate surface area is 170 Å². The highest BCUT2D eigenvalue weighted by Crippen LogP contribution is 2.32. The van der Waals surface area contributed by atoms with Gasteiger partial charge in [-0.1, -0.05) is 29.3 Å². The molecule has 0 saturated heterocycles. The number of aliphatic hydroxyl groups excluding tert-OH is 1. The van der Waals surface area contributed by atoms with Crippen LogP contribution in [0.15, 0.2) is 64.6 Å². The average molecular weight is 420 g/mol. The minimum atomic E-state index is -0.607. The van der Waals surface area contributed by atoms with Gasteiger partial charge in [0.05, 0.1) is 17.8 Å². The van der Waals surface area contributed by atoms with Crippen LogP contribution in [-0.4, -0.2) is 33.9 Å². The van der Waals surface area contributed by atoms with E-state index in [4.69, 9.17) is 27.9 Å². The van der Waals surface area contributed by atoms with Crippen LogP contribution in [0.25, 0.3) is 0 Å². The Morgan fingerprint density at radius 1 is 1.00 bits per heavy atom. The number of methoxy groups -OCH3 is 1. The molecule has 1 aliphatic rings. The van der Waals surface area contributed by atoms with Gasteiger partial charge in [0.2, 0.25) is 11.5 Å². The molecular weight excluding hydrogens is 405 g/mol. The number of carbonyl (C=O) groups is 1. The Morgan fingerprint density at radius 2 is 1.64 bits per heavy atom. The molecule has 0 fully saturated rings. The summed E-state index contributed by atoms with van der Waals surface area (Å²) in [5.41, 5.74) is 1.27. The van der Waals surface area contributed by atoms with E-state index in [1.54, 1.807) is 6.07 Å². The van der Waals surface area contributed by atoms with Crippen molar-refractivity contribution >= 4 is 40.4 Å². The topological polar surface area (TPSA) is 99.3 Å². The summed E-state index contributed by atoms with van der Waals surface area (Å²) in [5.74, 6) is -1.18. The highest BCUT2D eigenvalue weighted by atomic mass is 35.5. The van der Waals surface area contributed by atoms with Crippen molar-refractivity contribution in [1.82, 2.24) is 0 Å². The number of aliphatic hydroxyl groups is 1. The lowest BCUT2D eigenvalue weighted by Gasteiger charge is -2.18. The summed E-state index contributed by atoms with van der Waals surface area (Å²) < 4.78 is 5.06. The number of phenolic OH excluding ortho intramolecular Hbond substituents is 2. The van der Waals surface area contributed by atoms with Gasteiger partial charge < -0.3 is 20.1 Å². The van der Waals surface area contributed by atoms with E-state index in [9.17, 15) is 20.1 Å². The number of nitrogens with zero attached hydrogens (tertiary/aromatic N) is 1. The summed E-state index contributed by atoms with van der Waals surface area (Å²) in [4.78, 5) is 16.8. The van der Waals surface area contributed by atoms with Crippen LogP contribution in [0.4, 0.5) is 5.69 Å². The molecule has 3 N–H and O–H groups in total. The normalized spacial score (nSPS) is 15.8. The van der Waals surface area contributed by atoms with Crippen LogP contribution in [0, 0.1) is 0 Å². The molecule has 0 heterocycles. The smallest absolute Gasteiger partial charge is 0.249 e. The monoisotopic (exact) mass is 419 g/mol. The zero-order valence-corrected chi connectivity index (χ0v) is 16.1. The van der Waals surface area contributed by atoms with Gasteiger partial charge in [0.1, 0.15) is 17.2 Å². The van der Waals surface area contributed by atoms with Gasteiger partial charge in [-0.3, -0.25) is 4.79 Å². The van der Waals surface area contributed by atoms with Crippen LogP contribution in [0.3, 0.4) is 0 Å². The highest BCUT2D eigenvalue weighted by molar-refractivity contribution is 6.51. The van der Waals surface area contributed by atoms with Gasteiger partial charge in [0, 0.05) is 23.1 Å². The molecule has 0 bridgehead atoms. The van der Waals surface area contributed by atoms with Gasteiger partial charge >= 0.3 is 0 Å². The van der Waals surface area contributed by atoms with E-state index in [0.717, 1.165) is 0 Å². The Morgan fingerprint density at radius 3 is 2.25 bits per heavy atom. The molecule has 2 aromatic carbocycles. The maximum absolute atomic E-state index is 12.6. The van der Waals surface area contributed by atoms with Crippen molar-refractivity contribution in [2.24, 2.45) is 4.99 Å². The van der Waals surface area contributed by atoms with E-state index >= 15 is 0 Å². The van der Waals surface area contributed by atoms with Gasteiger partial charge in [-0.25, -0.2) is 4.99 Å². The van der Waals surface area contributed by atoms with Gasteiger partial charge in [0.25, 0.3) is 0 Å². The second-order valence-corrected chi connectivity index (χ2v) is 6.78. The van der Waals surface area contributed by atoms with E-state index in [0.29, 0.717) is 16.2 Å². The molecule has 8 heteroatoms. The van der Waals surface area contributed by atoms with Crippen LogP contribution >= 0.6 is 23.2 Å². The molecule has 0 radical (unpaired) electrons. The number of carbonyl (C=O) groups excluding carboxylic acids is 1. The molecule has 0 unspecified atom stereocenters. The number of ether oxygens (including phenoxy) is 1. The first kappa shape index (κ1) is 19.8. The first-order valence-electron chi connectivity index (χ1n) is 8.07. The summed E-state index contributed by atoms with van der Waals surface area (Å²) in [7, 11) is 1.27. The number of hydrogen-bond acceptors (Lipinski definition) is 6. The standard InChI is InChI=1S/C20H15Cl2NO5/c1-28-20-18(26)11(6-10-2-3-12(24)8-14(10)21)7-17(19(20)27)23-16-5-4-13(25)9-15(16)22/h2-5,7-9,24-26H,6H2,1H3. The van der Waals surface area contributed by atoms with Crippen LogP contribution in [0.1, 0.15) is 5.56 Å². The fourth-order valence-corrected chi connectivity index (χ4v) is 3.14. The van der Waals surface area contributed by atoms with Crippen LogP contribution in [-0.2, 0) is 16.0 Å². The molecule has 28 heavy (non-hydrogen) atoms. The fourth-order valence-electron chi connectivity index (χ4n) is 2.68. The minimum absolute atomic E-state index is 0.00661. The van der Waals surface area contributed by atoms with Crippen molar-refractivity contribution < 1.29 is 24.9 Å². The first-order chi connectivity index (χ1) is 13.3. The number of halogens is 2. The largest absolute Gasteiger partial charge is 0.508 e. The quantitative estimate of drug-likeness (QED) is 0.626. The molecule has 0 amide bonds. The lowest BCUT2D eigenvalue weighted by Crippen LogP contribution is -2.23. The Hall–Kier alpha value is -2.96. The first-order valence-corrected chi connectivity index (χ1v) is 8.83. The maximum atomic E-state index is 12.6. The van der Waals surface area contributed by atoms with Crippen LogP contribution in [0.2, 0.25) is 10.0 Å². The fraction of sp³-hybridized carbons (Fsp3) is 0.100. The Balaban J connectivity index is 2.06. The third kappa shape index (κ3) is 3.98. The van der Waals surface area contributed by atoms with Crippen molar-refractivity contribution in [3.8, 4) is 11.5 Å². The second-order valence-electron chi connectivity index (χ2n) is 5.97. The molecule has 144 valence electrons. The van der Waals surface area contributed by atoms with Gasteiger partial charge in [0.15, 0.2) is 5.76 Å². The molecule has 1 aliphatic carbocycles. The van der Waals surface area contributed by atoms with Crippen molar-refractivity contribution in [1.29, 1.82) is 0 Å². The van der Waals surface area contributed by atoms with Crippen molar-refractivity contribution in [2.45, 2.75) is 6.42 Å². The third-order valence-electron chi connectivity index (χ3n) is 4.06. The zero-order chi connectivity index (χ0) is 20.4. The molecule has 6 nitrogen and oxygen atoms in total. The molecule has 2 aromatic rings. The van der Waals surface area contributed by atoms with E-state index in [1.165, 1.54) is 43.5 Å². The number of benzene rings is 2. The summed E-state index contributed by atoms with van der Waals surface area (Å²) in [6.45, 7) is 0. The number of rotatable bonds is 4. The number of aliphatic imine (C=N–C) groups is 1. The number of allylic oxidation sites excluding steroid dienone is 3. The summed E-state index contributed by atoms with van der Waals surface area (Å²) in [6, 6.07) is 8.63. The second kappa shape index (κ2) is 7.96. The predicted octanol–water partition coefficient (Wildman–Crippen LogP) is 4.64. The van der Waals surface area contributed by atoms with Crippen molar-refractivity contribution in [3.05, 3.63) is 75.2 Å². The Kier molecular flexibility index (Phi) is 5.63. The number of hydrogen-bond donors (Lipinski definition) is 3. The van der Waals surface area contributed by atoms with E-state index in [1.807, 2.05) is 0 Å². The van der Waals surface area contributed by atoms with E-state index in [-0.39, 0.29) is 45.9 Å². The lowest BCUT2D eigenvalue weighted by atomic mass is 9.95. The molecule has 3 rings (SSSR count). The molecular formula is C20H15Cl2NO5. The third-order valence-corrected chi connectivity index (χ3v) is 4.72. The molecule has 0 aliphatic heterocycles. The van der Waals surface area contributed by atoms with Gasteiger partial charge in [-0.2, -0.15) is 0 Å². The maximum Gasteiger partial charge on any atom is 0.249 e. The molecule has 0 aromatic heterocycles. The average Bonchev–Trinajstić information content (AvgIpc) is 2.63. The summed E-state index contributed by atoms with van der Waals surface area (Å²) in [5, 5.41) is 29.9. The SMILES string of the molecule is COC1=C(O)C(Cc2ccc(O)cc2Cl)=CC(=Nc2ccc(O)cc2Cl)C1=O. The van der Waals surface area contributed by atoms with Crippen molar-refractivity contribution in [2.75, 3.05) is 7.11 Å². The van der Waals surface area contributed by atoms with E-state index < -0.39 is 5.78 Å². The zero-order valence-electron chi connectivity index (χ0n) is 14.6. The van der Waals surface area contributed by atoms with Crippen molar-refractivity contribution in [3.63, 3.8) is 0 Å². The highest BCUT2D eigenvalue weighted by Gasteiger charge is 2.29. The number of Topliss-reactive ketones (excluding diaryl/α,β-unsaturated/α-hetero) is 1. The van der Waals surface area contributed by atoms with Gasteiger partial charge in [-0.15, -0.1) is 0 Å². The summed E-state index contributed by atoms with van der Waals surface area (Å²) >= 11 is 12.2. The lowest BCUT2D eigenvalue weighted by molar-refractivity contribution is -0.112. The Bertz CT molecular complexity index is 1060. The van der Waals surface area contributed by atoms with Gasteiger partial charge in [-0.05, 0) is 35.9 Å². The van der Waals surface area contributed by atoms with E-state index in [2.05, 4.69) is 4.99 Å². The summed E-state index contributed by atoms with van der Waals surface area (Å²) in [6.07, 6.45) is 1.60. The molecule has 0 spiro atoms.